The molecule has 5 heteroatoms. The minimum Gasteiger partial charge on any atom is -0.381 e. The molecule has 0 saturated heterocycles. The highest BCUT2D eigenvalue weighted by Gasteiger charge is 2.31. The second kappa shape index (κ2) is 7.03. The van der Waals surface area contributed by atoms with Crippen LogP contribution in [0.15, 0.2) is 30.9 Å². The minimum absolute atomic E-state index is 0.414. The van der Waals surface area contributed by atoms with Crippen LogP contribution in [0.5, 0.6) is 0 Å². The van der Waals surface area contributed by atoms with E-state index in [0.717, 1.165) is 45.3 Å². The Morgan fingerprint density at radius 1 is 1.25 bits per heavy atom. The van der Waals surface area contributed by atoms with Gasteiger partial charge in [-0.15, -0.1) is 0 Å². The second-order valence-corrected chi connectivity index (χ2v) is 7.05. The van der Waals surface area contributed by atoms with Gasteiger partial charge in [0.15, 0.2) is 0 Å². The van der Waals surface area contributed by atoms with Gasteiger partial charge in [0, 0.05) is 56.8 Å². The third-order valence-electron chi connectivity index (χ3n) is 5.03. The molecule has 2 aromatic heterocycles. The van der Waals surface area contributed by atoms with Crippen molar-refractivity contribution in [3.8, 4) is 0 Å². The van der Waals surface area contributed by atoms with Crippen molar-refractivity contribution >= 4 is 0 Å². The van der Waals surface area contributed by atoms with Crippen LogP contribution in [0.1, 0.15) is 42.6 Å². The Labute approximate surface area is 143 Å². The number of rotatable bonds is 7. The zero-order valence-corrected chi connectivity index (χ0v) is 14.4. The molecule has 0 bridgehead atoms. The molecule has 0 unspecified atom stereocenters. The predicted octanol–water partition coefficient (Wildman–Crippen LogP) is 2.82. The minimum atomic E-state index is 0.414. The van der Waals surface area contributed by atoms with Crippen LogP contribution in [0, 0.1) is 5.92 Å². The van der Waals surface area contributed by atoms with Gasteiger partial charge in [0.1, 0.15) is 0 Å². The van der Waals surface area contributed by atoms with Gasteiger partial charge in [0.2, 0.25) is 0 Å². The fourth-order valence-electron chi connectivity index (χ4n) is 3.68. The molecule has 1 aliphatic carbocycles. The molecule has 24 heavy (non-hydrogen) atoms. The van der Waals surface area contributed by atoms with Crippen molar-refractivity contribution in [3.05, 3.63) is 47.8 Å². The quantitative estimate of drug-likeness (QED) is 0.785. The monoisotopic (exact) mass is 326 g/mol. The Bertz CT molecular complexity index is 665. The molecule has 0 N–H and O–H groups in total. The van der Waals surface area contributed by atoms with E-state index in [2.05, 4.69) is 39.8 Å². The van der Waals surface area contributed by atoms with Crippen molar-refractivity contribution in [2.45, 2.75) is 45.3 Å². The summed E-state index contributed by atoms with van der Waals surface area (Å²) in [6.07, 6.45) is 8.53. The van der Waals surface area contributed by atoms with Gasteiger partial charge in [-0.2, -0.15) is 0 Å². The summed E-state index contributed by atoms with van der Waals surface area (Å²) in [5, 5.41) is 0. The molecule has 4 rings (SSSR count). The van der Waals surface area contributed by atoms with E-state index in [9.17, 15) is 0 Å². The molecule has 0 spiro atoms. The Hall–Kier alpha value is -1.72. The molecular formula is C19H26N4O. The van der Waals surface area contributed by atoms with Crippen LogP contribution in [0.25, 0.3) is 0 Å². The van der Waals surface area contributed by atoms with Gasteiger partial charge in [0.05, 0.1) is 18.6 Å². The van der Waals surface area contributed by atoms with Gasteiger partial charge in [-0.25, -0.2) is 4.98 Å². The third-order valence-corrected chi connectivity index (χ3v) is 5.03. The van der Waals surface area contributed by atoms with E-state index in [-0.39, 0.29) is 0 Å². The van der Waals surface area contributed by atoms with Crippen LogP contribution in [0.4, 0.5) is 0 Å². The van der Waals surface area contributed by atoms with E-state index in [4.69, 9.17) is 9.72 Å². The van der Waals surface area contributed by atoms with E-state index in [0.29, 0.717) is 5.92 Å². The molecule has 1 aliphatic heterocycles. The number of imidazole rings is 1. The zero-order chi connectivity index (χ0) is 16.4. The van der Waals surface area contributed by atoms with Crippen molar-refractivity contribution in [1.82, 2.24) is 19.4 Å². The van der Waals surface area contributed by atoms with Gasteiger partial charge in [-0.05, 0) is 43.4 Å². The Kier molecular flexibility index (Phi) is 4.63. The van der Waals surface area contributed by atoms with Crippen molar-refractivity contribution < 1.29 is 4.74 Å². The summed E-state index contributed by atoms with van der Waals surface area (Å²) in [6.45, 7) is 7.67. The lowest BCUT2D eigenvalue weighted by molar-refractivity contribution is 0.102. The zero-order valence-electron chi connectivity index (χ0n) is 14.4. The number of hydrogen-bond donors (Lipinski definition) is 0. The summed E-state index contributed by atoms with van der Waals surface area (Å²) in [6, 6.07) is 4.19. The van der Waals surface area contributed by atoms with Crippen LogP contribution in [-0.4, -0.2) is 39.2 Å². The Morgan fingerprint density at radius 3 is 2.83 bits per heavy atom. The largest absolute Gasteiger partial charge is 0.381 e. The highest BCUT2D eigenvalue weighted by molar-refractivity contribution is 5.23. The van der Waals surface area contributed by atoms with Crippen LogP contribution in [0.3, 0.4) is 0 Å². The number of pyridine rings is 1. The molecule has 1 fully saturated rings. The molecule has 5 nitrogen and oxygen atoms in total. The molecule has 0 amide bonds. The first kappa shape index (κ1) is 15.8. The molecule has 3 heterocycles. The van der Waals surface area contributed by atoms with Crippen molar-refractivity contribution in [2.24, 2.45) is 5.92 Å². The number of hydrogen-bond acceptors (Lipinski definition) is 4. The van der Waals surface area contributed by atoms with E-state index >= 15 is 0 Å². The SMILES string of the molecule is CCOC[C@@H]1CN(Cc2ccncc2)Cc2ncn(CC3CC3)c21. The standard InChI is InChI=1S/C19H26N4O/c1-2-24-13-17-11-22(9-16-5-7-20-8-6-16)12-18-19(17)23(14-21-18)10-15-3-4-15/h5-8,14-15,17H,2-4,9-13H2,1H3/t17-/m0/s1. The summed E-state index contributed by atoms with van der Waals surface area (Å²) in [5.74, 6) is 1.28. The predicted molar refractivity (Wildman–Crippen MR) is 92.5 cm³/mol. The number of aromatic nitrogens is 3. The molecule has 128 valence electrons. The average molecular weight is 326 g/mol. The van der Waals surface area contributed by atoms with Crippen LogP contribution in [0.2, 0.25) is 0 Å². The van der Waals surface area contributed by atoms with Gasteiger partial charge in [-0.3, -0.25) is 9.88 Å². The summed E-state index contributed by atoms with van der Waals surface area (Å²) in [4.78, 5) is 11.3. The van der Waals surface area contributed by atoms with Crippen molar-refractivity contribution in [3.63, 3.8) is 0 Å². The highest BCUT2D eigenvalue weighted by Crippen LogP contribution is 2.34. The van der Waals surface area contributed by atoms with Crippen LogP contribution in [-0.2, 0) is 24.4 Å². The molecule has 2 aliphatic rings. The Morgan fingerprint density at radius 2 is 2.08 bits per heavy atom. The van der Waals surface area contributed by atoms with Gasteiger partial charge < -0.3 is 9.30 Å². The topological polar surface area (TPSA) is 43.2 Å². The van der Waals surface area contributed by atoms with E-state index in [1.54, 1.807) is 0 Å². The summed E-state index contributed by atoms with van der Waals surface area (Å²) in [5.41, 5.74) is 3.96. The smallest absolute Gasteiger partial charge is 0.0952 e. The molecule has 0 aromatic carbocycles. The average Bonchev–Trinajstić information content (AvgIpc) is 3.33. The fourth-order valence-corrected chi connectivity index (χ4v) is 3.68. The van der Waals surface area contributed by atoms with Crippen molar-refractivity contribution in [2.75, 3.05) is 19.8 Å². The molecule has 1 atom stereocenters. The summed E-state index contributed by atoms with van der Waals surface area (Å²) < 4.78 is 8.20. The second-order valence-electron chi connectivity index (χ2n) is 7.05. The summed E-state index contributed by atoms with van der Waals surface area (Å²) >= 11 is 0. The maximum atomic E-state index is 5.80. The van der Waals surface area contributed by atoms with Crippen molar-refractivity contribution in [1.29, 1.82) is 0 Å². The third kappa shape index (κ3) is 3.52. The fraction of sp³-hybridized carbons (Fsp3) is 0.579. The molecule has 1 saturated carbocycles. The summed E-state index contributed by atoms with van der Waals surface area (Å²) in [7, 11) is 0. The number of nitrogens with zero attached hydrogens (tertiary/aromatic N) is 4. The first-order chi connectivity index (χ1) is 11.8. The van der Waals surface area contributed by atoms with Crippen LogP contribution >= 0.6 is 0 Å². The van der Waals surface area contributed by atoms with Gasteiger partial charge in [-0.1, -0.05) is 0 Å². The van der Waals surface area contributed by atoms with Gasteiger partial charge in [0.25, 0.3) is 0 Å². The molecule has 2 aromatic rings. The number of fused-ring (bicyclic) bond motifs is 1. The lowest BCUT2D eigenvalue weighted by Gasteiger charge is -2.33. The highest BCUT2D eigenvalue weighted by atomic mass is 16.5. The molecular weight excluding hydrogens is 300 g/mol. The van der Waals surface area contributed by atoms with E-state index in [1.807, 2.05) is 12.4 Å². The maximum Gasteiger partial charge on any atom is 0.0952 e. The first-order valence-electron chi connectivity index (χ1n) is 9.06. The van der Waals surface area contributed by atoms with E-state index in [1.165, 1.54) is 29.8 Å². The van der Waals surface area contributed by atoms with E-state index < -0.39 is 0 Å². The first-order valence-corrected chi connectivity index (χ1v) is 9.06. The molecule has 0 radical (unpaired) electrons. The number of ether oxygens (including phenoxy) is 1. The Balaban J connectivity index is 1.53. The lowest BCUT2D eigenvalue weighted by Crippen LogP contribution is -2.36. The van der Waals surface area contributed by atoms with Gasteiger partial charge >= 0.3 is 0 Å². The normalized spacial score (nSPS) is 21.0. The lowest BCUT2D eigenvalue weighted by atomic mass is 9.98. The van der Waals surface area contributed by atoms with Crippen LogP contribution < -0.4 is 0 Å². The maximum absolute atomic E-state index is 5.80.